The van der Waals surface area contributed by atoms with Gasteiger partial charge in [0.15, 0.2) is 5.96 Å². The lowest BCUT2D eigenvalue weighted by atomic mass is 10.1. The Labute approximate surface area is 331 Å². The lowest BCUT2D eigenvalue weighted by molar-refractivity contribution is 0.0101. The Kier molecular flexibility index (Phi) is 14.6. The third kappa shape index (κ3) is 14.2. The van der Waals surface area contributed by atoms with Crippen molar-refractivity contribution in [2.24, 2.45) is 16.5 Å². The summed E-state index contributed by atoms with van der Waals surface area (Å²) in [5.74, 6) is 0.361. The van der Waals surface area contributed by atoms with Crippen LogP contribution in [0, 0.1) is 0 Å². The van der Waals surface area contributed by atoms with E-state index < -0.39 is 35.1 Å². The number of ether oxygens (including phenoxy) is 3. The number of nitrogens with two attached hydrogens (primary N) is 2. The van der Waals surface area contributed by atoms with Gasteiger partial charge in [-0.15, -0.1) is 0 Å². The molecular formula is C41H63N9O6. The molecule has 0 unspecified atom stereocenters. The van der Waals surface area contributed by atoms with E-state index in [0.717, 1.165) is 22.2 Å². The number of imidazole rings is 1. The largest absolute Gasteiger partial charge is 0.444 e. The van der Waals surface area contributed by atoms with E-state index in [0.29, 0.717) is 71.1 Å². The summed E-state index contributed by atoms with van der Waals surface area (Å²) in [6, 6.07) is 16.1. The number of hydrogen-bond acceptors (Lipinski definition) is 9. The third-order valence-corrected chi connectivity index (χ3v) is 8.64. The molecule has 56 heavy (non-hydrogen) atoms. The molecule has 1 aliphatic rings. The van der Waals surface area contributed by atoms with Crippen LogP contribution in [0.15, 0.2) is 53.5 Å². The Bertz CT molecular complexity index is 1820. The van der Waals surface area contributed by atoms with Crippen LogP contribution in [0.25, 0.3) is 11.0 Å². The van der Waals surface area contributed by atoms with Crippen LogP contribution in [-0.4, -0.2) is 123 Å². The van der Waals surface area contributed by atoms with Gasteiger partial charge in [-0.2, -0.15) is 4.99 Å². The number of hydrogen-bond donors (Lipinski definition) is 2. The molecule has 15 heteroatoms. The zero-order valence-corrected chi connectivity index (χ0v) is 34.8. The van der Waals surface area contributed by atoms with E-state index in [4.69, 9.17) is 25.7 Å². The molecule has 3 aromatic rings. The summed E-state index contributed by atoms with van der Waals surface area (Å²) >= 11 is 0. The highest BCUT2D eigenvalue weighted by Gasteiger charge is 2.28. The zero-order chi connectivity index (χ0) is 41.3. The maximum atomic E-state index is 13.5. The lowest BCUT2D eigenvalue weighted by Gasteiger charge is -2.34. The summed E-state index contributed by atoms with van der Waals surface area (Å²) in [4.78, 5) is 56.6. The molecule has 4 rings (SSSR count). The van der Waals surface area contributed by atoms with Gasteiger partial charge in [-0.25, -0.2) is 19.4 Å². The van der Waals surface area contributed by atoms with Crippen molar-refractivity contribution in [3.8, 4) is 0 Å². The van der Waals surface area contributed by atoms with Crippen LogP contribution < -0.4 is 11.5 Å². The Hall–Kier alpha value is -5.05. The molecule has 2 heterocycles. The van der Waals surface area contributed by atoms with Gasteiger partial charge < -0.3 is 44.9 Å². The number of carbonyl (C=O) groups is 3. The summed E-state index contributed by atoms with van der Waals surface area (Å²) in [5.41, 5.74) is 13.3. The van der Waals surface area contributed by atoms with Crippen LogP contribution in [0.3, 0.4) is 0 Å². The molecule has 0 bridgehead atoms. The topological polar surface area (TPSA) is 174 Å². The standard InChI is InChI=1S/C41H63N9O6/c1-39(2,3)54-36(51)47-21-14-22-49(38(53)56-41(7,8)9)26-25-48(37(52)55-40(4,5)6)20-13-19-46(23-24-47)28-30-15-12-16-31(27-30)29-50-33-18-11-10-17-32(33)44-35(50)45-34(42)43/h10-12,15-18,27H,13-14,19-26,28-29H2,1-9H3,(H4,42,43,44,45). The van der Waals surface area contributed by atoms with Crippen LogP contribution in [-0.2, 0) is 27.3 Å². The van der Waals surface area contributed by atoms with E-state index in [2.05, 4.69) is 33.1 Å². The van der Waals surface area contributed by atoms with Crippen molar-refractivity contribution in [3.05, 3.63) is 59.7 Å². The highest BCUT2D eigenvalue weighted by molar-refractivity contribution is 5.82. The van der Waals surface area contributed by atoms with Gasteiger partial charge in [0.2, 0.25) is 5.95 Å². The number of aliphatic imine (C=N–C) groups is 1. The molecule has 1 fully saturated rings. The molecule has 0 radical (unpaired) electrons. The molecular weight excluding hydrogens is 715 g/mol. The van der Waals surface area contributed by atoms with Gasteiger partial charge in [-0.05, 0) is 98.4 Å². The molecule has 1 saturated heterocycles. The molecule has 0 saturated carbocycles. The predicted molar refractivity (Wildman–Crippen MR) is 219 cm³/mol. The summed E-state index contributed by atoms with van der Waals surface area (Å²) in [5, 5.41) is 0. The Morgan fingerprint density at radius 1 is 0.625 bits per heavy atom. The number of guanidine groups is 1. The number of carbonyl (C=O) groups excluding carboxylic acids is 3. The molecule has 3 amide bonds. The van der Waals surface area contributed by atoms with Crippen LogP contribution in [0.5, 0.6) is 0 Å². The highest BCUT2D eigenvalue weighted by Crippen LogP contribution is 2.24. The molecule has 0 aliphatic carbocycles. The summed E-state index contributed by atoms with van der Waals surface area (Å²) in [7, 11) is 0. The fourth-order valence-electron chi connectivity index (χ4n) is 6.26. The second-order valence-electron chi connectivity index (χ2n) is 17.2. The van der Waals surface area contributed by atoms with Crippen LogP contribution >= 0.6 is 0 Å². The normalized spacial score (nSPS) is 15.9. The van der Waals surface area contributed by atoms with Gasteiger partial charge in [-0.1, -0.05) is 36.4 Å². The fourth-order valence-corrected chi connectivity index (χ4v) is 6.26. The van der Waals surface area contributed by atoms with E-state index in [-0.39, 0.29) is 19.0 Å². The number of rotatable bonds is 5. The second-order valence-corrected chi connectivity index (χ2v) is 17.2. The van der Waals surface area contributed by atoms with E-state index in [9.17, 15) is 14.4 Å². The van der Waals surface area contributed by atoms with Crippen molar-refractivity contribution in [1.29, 1.82) is 0 Å². The van der Waals surface area contributed by atoms with Crippen molar-refractivity contribution >= 4 is 41.2 Å². The molecule has 0 atom stereocenters. The van der Waals surface area contributed by atoms with Crippen molar-refractivity contribution in [1.82, 2.24) is 29.2 Å². The van der Waals surface area contributed by atoms with Gasteiger partial charge in [0.05, 0.1) is 17.6 Å². The molecule has 15 nitrogen and oxygen atoms in total. The molecule has 2 aromatic carbocycles. The fraction of sp³-hybridized carbons (Fsp3) is 0.585. The number of fused-ring (bicyclic) bond motifs is 1. The van der Waals surface area contributed by atoms with Crippen LogP contribution in [0.4, 0.5) is 20.3 Å². The first-order valence-corrected chi connectivity index (χ1v) is 19.4. The van der Waals surface area contributed by atoms with Crippen molar-refractivity contribution < 1.29 is 28.6 Å². The minimum atomic E-state index is -0.697. The third-order valence-electron chi connectivity index (χ3n) is 8.64. The summed E-state index contributed by atoms with van der Waals surface area (Å²) < 4.78 is 19.3. The Morgan fingerprint density at radius 3 is 1.59 bits per heavy atom. The van der Waals surface area contributed by atoms with Crippen molar-refractivity contribution in [2.75, 3.05) is 52.4 Å². The van der Waals surface area contributed by atoms with Crippen LogP contribution in [0.2, 0.25) is 0 Å². The van der Waals surface area contributed by atoms with Gasteiger partial charge in [0, 0.05) is 58.9 Å². The first kappa shape index (κ1) is 43.7. The maximum Gasteiger partial charge on any atom is 0.410 e. The lowest BCUT2D eigenvalue weighted by Crippen LogP contribution is -2.47. The molecule has 4 N–H and O–H groups in total. The van der Waals surface area contributed by atoms with Crippen LogP contribution in [0.1, 0.15) is 86.3 Å². The quantitative estimate of drug-likeness (QED) is 0.170. The summed E-state index contributed by atoms with van der Waals surface area (Å²) in [6.45, 7) is 20.8. The molecule has 1 aromatic heterocycles. The van der Waals surface area contributed by atoms with Gasteiger partial charge in [0.1, 0.15) is 16.8 Å². The molecule has 1 aliphatic heterocycles. The van der Waals surface area contributed by atoms with E-state index in [1.165, 1.54) is 0 Å². The van der Waals surface area contributed by atoms with Crippen molar-refractivity contribution in [2.45, 2.75) is 105 Å². The van der Waals surface area contributed by atoms with Crippen molar-refractivity contribution in [3.63, 3.8) is 0 Å². The average Bonchev–Trinajstić information content (AvgIpc) is 3.39. The van der Waals surface area contributed by atoms with Gasteiger partial charge in [0.25, 0.3) is 0 Å². The SMILES string of the molecule is CC(C)(C)OC(=O)N1CCCN(C(=O)OC(C)(C)C)CCN(C(=O)OC(C)(C)C)CCCN(Cc2cccc(Cn3c(N=C(N)N)nc4ccccc43)c2)CC1. The minimum absolute atomic E-state index is 0.0667. The average molecular weight is 778 g/mol. The smallest absolute Gasteiger partial charge is 0.410 e. The second kappa shape index (κ2) is 18.7. The number of amides is 3. The predicted octanol–water partition coefficient (Wildman–Crippen LogP) is 6.30. The highest BCUT2D eigenvalue weighted by atomic mass is 16.6. The minimum Gasteiger partial charge on any atom is -0.444 e. The Balaban J connectivity index is 1.60. The summed E-state index contributed by atoms with van der Waals surface area (Å²) in [6.07, 6.45) is -0.204. The number of aromatic nitrogens is 2. The van der Waals surface area contributed by atoms with Gasteiger partial charge in [-0.3, -0.25) is 4.90 Å². The van der Waals surface area contributed by atoms with E-state index >= 15 is 0 Å². The number of benzene rings is 2. The van der Waals surface area contributed by atoms with E-state index in [1.54, 1.807) is 14.7 Å². The van der Waals surface area contributed by atoms with Gasteiger partial charge >= 0.3 is 18.3 Å². The first-order chi connectivity index (χ1) is 26.2. The monoisotopic (exact) mass is 777 g/mol. The first-order valence-electron chi connectivity index (χ1n) is 19.4. The van der Waals surface area contributed by atoms with E-state index in [1.807, 2.05) is 97.2 Å². The maximum absolute atomic E-state index is 13.5. The number of para-hydroxylation sites is 2. The Morgan fingerprint density at radius 2 is 1.09 bits per heavy atom. The zero-order valence-electron chi connectivity index (χ0n) is 34.8. The molecule has 0 spiro atoms. The molecule has 308 valence electrons. The number of nitrogens with zero attached hydrogens (tertiary/aromatic N) is 7.